The average molecular weight is 340 g/mol. The molecule has 0 aliphatic heterocycles. The van der Waals surface area contributed by atoms with E-state index in [0.29, 0.717) is 5.69 Å². The van der Waals surface area contributed by atoms with Gasteiger partial charge in [-0.25, -0.2) is 4.79 Å². The van der Waals surface area contributed by atoms with Crippen molar-refractivity contribution in [3.63, 3.8) is 0 Å². The lowest BCUT2D eigenvalue weighted by molar-refractivity contribution is -0.124. The number of nitrogen functional groups attached to an aromatic ring is 1. The van der Waals surface area contributed by atoms with E-state index in [1.807, 2.05) is 44.2 Å². The molecule has 0 saturated carbocycles. The minimum atomic E-state index is -0.601. The molecule has 0 aliphatic carbocycles. The van der Waals surface area contributed by atoms with Crippen molar-refractivity contribution in [2.45, 2.75) is 33.2 Å². The minimum Gasteiger partial charge on any atom is -0.452 e. The summed E-state index contributed by atoms with van der Waals surface area (Å²) < 4.78 is 5.07. The van der Waals surface area contributed by atoms with Crippen LogP contribution in [-0.2, 0) is 16.0 Å². The van der Waals surface area contributed by atoms with Crippen LogP contribution in [0.15, 0.2) is 42.5 Å². The van der Waals surface area contributed by atoms with E-state index in [0.717, 1.165) is 17.5 Å². The third kappa shape index (κ3) is 4.83. The Kier molecular flexibility index (Phi) is 6.17. The summed E-state index contributed by atoms with van der Waals surface area (Å²) in [6, 6.07) is 13.0. The van der Waals surface area contributed by atoms with Crippen LogP contribution >= 0.6 is 0 Å². The van der Waals surface area contributed by atoms with E-state index < -0.39 is 5.97 Å². The van der Waals surface area contributed by atoms with E-state index >= 15 is 0 Å². The van der Waals surface area contributed by atoms with Crippen molar-refractivity contribution in [2.24, 2.45) is 0 Å². The SMILES string of the molecule is CCc1ccc([C@@H](C)NC(=O)COC(=O)c2cccc(C)c2N)cc1. The fourth-order valence-electron chi connectivity index (χ4n) is 2.48. The van der Waals surface area contributed by atoms with Crippen LogP contribution in [0, 0.1) is 6.92 Å². The molecular formula is C20H24N2O3. The number of anilines is 1. The summed E-state index contributed by atoms with van der Waals surface area (Å²) in [5.74, 6) is -0.956. The molecule has 3 N–H and O–H groups in total. The second kappa shape index (κ2) is 8.33. The van der Waals surface area contributed by atoms with Crippen LogP contribution in [-0.4, -0.2) is 18.5 Å². The van der Waals surface area contributed by atoms with E-state index in [1.165, 1.54) is 5.56 Å². The first kappa shape index (κ1) is 18.5. The first-order valence-electron chi connectivity index (χ1n) is 8.32. The molecule has 25 heavy (non-hydrogen) atoms. The van der Waals surface area contributed by atoms with Crippen molar-refractivity contribution in [3.05, 3.63) is 64.7 Å². The first-order valence-corrected chi connectivity index (χ1v) is 8.32. The lowest BCUT2D eigenvalue weighted by Crippen LogP contribution is -2.31. The molecule has 0 unspecified atom stereocenters. The van der Waals surface area contributed by atoms with Crippen molar-refractivity contribution in [1.82, 2.24) is 5.32 Å². The number of nitrogens with one attached hydrogen (secondary N) is 1. The summed E-state index contributed by atoms with van der Waals surface area (Å²) >= 11 is 0. The summed E-state index contributed by atoms with van der Waals surface area (Å²) in [6.07, 6.45) is 0.971. The van der Waals surface area contributed by atoms with E-state index in [2.05, 4.69) is 12.2 Å². The van der Waals surface area contributed by atoms with Crippen LogP contribution in [0.4, 0.5) is 5.69 Å². The van der Waals surface area contributed by atoms with Gasteiger partial charge in [0.15, 0.2) is 6.61 Å². The highest BCUT2D eigenvalue weighted by atomic mass is 16.5. The van der Waals surface area contributed by atoms with Gasteiger partial charge in [0.1, 0.15) is 0 Å². The van der Waals surface area contributed by atoms with Gasteiger partial charge < -0.3 is 15.8 Å². The number of hydrogen-bond acceptors (Lipinski definition) is 4. The van der Waals surface area contributed by atoms with Crippen molar-refractivity contribution < 1.29 is 14.3 Å². The Morgan fingerprint density at radius 3 is 2.48 bits per heavy atom. The molecule has 0 aliphatic rings. The molecule has 1 amide bonds. The zero-order valence-electron chi connectivity index (χ0n) is 14.8. The van der Waals surface area contributed by atoms with Crippen LogP contribution in [0.1, 0.15) is 46.9 Å². The minimum absolute atomic E-state index is 0.166. The lowest BCUT2D eigenvalue weighted by atomic mass is 10.1. The quantitative estimate of drug-likeness (QED) is 0.625. The molecule has 0 bridgehead atoms. The van der Waals surface area contributed by atoms with Gasteiger partial charge in [0.2, 0.25) is 0 Å². The Morgan fingerprint density at radius 2 is 1.84 bits per heavy atom. The van der Waals surface area contributed by atoms with Gasteiger partial charge in [0.05, 0.1) is 11.6 Å². The van der Waals surface area contributed by atoms with Crippen molar-refractivity contribution in [3.8, 4) is 0 Å². The third-order valence-corrected chi connectivity index (χ3v) is 4.14. The molecule has 132 valence electrons. The summed E-state index contributed by atoms with van der Waals surface area (Å²) in [4.78, 5) is 24.1. The zero-order chi connectivity index (χ0) is 18.4. The number of esters is 1. The molecule has 0 heterocycles. The monoisotopic (exact) mass is 340 g/mol. The number of nitrogens with two attached hydrogens (primary N) is 1. The van der Waals surface area contributed by atoms with Gasteiger partial charge in [-0.15, -0.1) is 0 Å². The Hall–Kier alpha value is -2.82. The van der Waals surface area contributed by atoms with Crippen LogP contribution < -0.4 is 11.1 Å². The van der Waals surface area contributed by atoms with E-state index in [9.17, 15) is 9.59 Å². The van der Waals surface area contributed by atoms with Gasteiger partial charge in [0.25, 0.3) is 5.91 Å². The predicted octanol–water partition coefficient (Wildman–Crippen LogP) is 3.17. The number of carbonyl (C=O) groups is 2. The van der Waals surface area contributed by atoms with Crippen LogP contribution in [0.5, 0.6) is 0 Å². The zero-order valence-corrected chi connectivity index (χ0v) is 14.8. The molecule has 0 saturated heterocycles. The first-order chi connectivity index (χ1) is 11.9. The molecule has 2 rings (SSSR count). The number of para-hydroxylation sites is 1. The van der Waals surface area contributed by atoms with Crippen molar-refractivity contribution in [1.29, 1.82) is 0 Å². The molecule has 0 radical (unpaired) electrons. The molecule has 0 fully saturated rings. The third-order valence-electron chi connectivity index (χ3n) is 4.14. The Morgan fingerprint density at radius 1 is 1.16 bits per heavy atom. The lowest BCUT2D eigenvalue weighted by Gasteiger charge is -2.15. The fraction of sp³-hybridized carbons (Fsp3) is 0.300. The van der Waals surface area contributed by atoms with Gasteiger partial charge >= 0.3 is 5.97 Å². The van der Waals surface area contributed by atoms with Gasteiger partial charge in [-0.3, -0.25) is 4.79 Å². The topological polar surface area (TPSA) is 81.4 Å². The molecule has 1 atom stereocenters. The second-order valence-electron chi connectivity index (χ2n) is 6.00. The Bertz CT molecular complexity index is 754. The van der Waals surface area contributed by atoms with Crippen LogP contribution in [0.3, 0.4) is 0 Å². The Labute approximate surface area is 148 Å². The maximum Gasteiger partial charge on any atom is 0.340 e. The number of rotatable bonds is 6. The van der Waals surface area contributed by atoms with E-state index in [1.54, 1.807) is 12.1 Å². The second-order valence-corrected chi connectivity index (χ2v) is 6.00. The van der Waals surface area contributed by atoms with Gasteiger partial charge in [-0.1, -0.05) is 43.3 Å². The number of carbonyl (C=O) groups excluding carboxylic acids is 2. The Balaban J connectivity index is 1.89. The normalized spacial score (nSPS) is 11.6. The standard InChI is InChI=1S/C20H24N2O3/c1-4-15-8-10-16(11-9-15)14(3)22-18(23)12-25-20(24)17-7-5-6-13(2)19(17)21/h5-11,14H,4,12,21H2,1-3H3,(H,22,23)/t14-/m1/s1. The fourth-order valence-corrected chi connectivity index (χ4v) is 2.48. The van der Waals surface area contributed by atoms with E-state index in [4.69, 9.17) is 10.5 Å². The smallest absolute Gasteiger partial charge is 0.340 e. The van der Waals surface area contributed by atoms with Gasteiger partial charge in [0, 0.05) is 5.69 Å². The van der Waals surface area contributed by atoms with Gasteiger partial charge in [-0.05, 0) is 43.0 Å². The molecule has 5 heteroatoms. The summed E-state index contributed by atoms with van der Waals surface area (Å²) in [7, 11) is 0. The maximum absolute atomic E-state index is 12.1. The number of aryl methyl sites for hydroxylation is 2. The summed E-state index contributed by atoms with van der Waals surface area (Å²) in [5, 5.41) is 2.82. The summed E-state index contributed by atoms with van der Waals surface area (Å²) in [5.41, 5.74) is 9.55. The average Bonchev–Trinajstić information content (AvgIpc) is 2.62. The highest BCUT2D eigenvalue weighted by Gasteiger charge is 2.15. The molecule has 0 aromatic heterocycles. The van der Waals surface area contributed by atoms with Crippen molar-refractivity contribution in [2.75, 3.05) is 12.3 Å². The summed E-state index contributed by atoms with van der Waals surface area (Å²) in [6.45, 7) is 5.45. The predicted molar refractivity (Wildman–Crippen MR) is 98.3 cm³/mol. The van der Waals surface area contributed by atoms with Crippen LogP contribution in [0.2, 0.25) is 0 Å². The number of ether oxygens (including phenoxy) is 1. The molecule has 5 nitrogen and oxygen atoms in total. The van der Waals surface area contributed by atoms with Crippen molar-refractivity contribution >= 4 is 17.6 Å². The van der Waals surface area contributed by atoms with E-state index in [-0.39, 0.29) is 24.1 Å². The highest BCUT2D eigenvalue weighted by molar-refractivity contribution is 5.96. The highest BCUT2D eigenvalue weighted by Crippen LogP contribution is 2.17. The molecular weight excluding hydrogens is 316 g/mol. The molecule has 0 spiro atoms. The largest absolute Gasteiger partial charge is 0.452 e. The number of hydrogen-bond donors (Lipinski definition) is 2. The van der Waals surface area contributed by atoms with Gasteiger partial charge in [-0.2, -0.15) is 0 Å². The molecule has 2 aromatic rings. The van der Waals surface area contributed by atoms with Crippen LogP contribution in [0.25, 0.3) is 0 Å². The maximum atomic E-state index is 12.1. The number of amides is 1. The number of benzene rings is 2. The molecule has 2 aromatic carbocycles.